The van der Waals surface area contributed by atoms with Crippen LogP contribution in [-0.4, -0.2) is 56.1 Å². The first-order valence-electron chi connectivity index (χ1n) is 9.04. The molecule has 1 aliphatic rings. The lowest BCUT2D eigenvalue weighted by Crippen LogP contribution is -2.44. The molecule has 0 saturated carbocycles. The van der Waals surface area contributed by atoms with E-state index in [1.165, 1.54) is 30.7 Å². The van der Waals surface area contributed by atoms with Gasteiger partial charge in [0, 0.05) is 24.4 Å². The molecular formula is C19H25N3O5S. The number of sulfonamides is 1. The zero-order chi connectivity index (χ0) is 20.3. The highest BCUT2D eigenvalue weighted by Gasteiger charge is 2.32. The Morgan fingerprint density at radius 3 is 2.50 bits per heavy atom. The maximum Gasteiger partial charge on any atom is 0.243 e. The number of aryl methyl sites for hydroxylation is 2. The summed E-state index contributed by atoms with van der Waals surface area (Å²) in [5.74, 6) is 1.96. The quantitative estimate of drug-likeness (QED) is 0.726. The van der Waals surface area contributed by atoms with Crippen LogP contribution in [0.15, 0.2) is 29.2 Å². The summed E-state index contributed by atoms with van der Waals surface area (Å²) in [4.78, 5) is 8.68. The predicted octanol–water partition coefficient (Wildman–Crippen LogP) is 2.34. The number of methoxy groups -OCH3 is 2. The number of nitrogens with zero attached hydrogens (tertiary/aromatic N) is 3. The van der Waals surface area contributed by atoms with Crippen molar-refractivity contribution in [2.75, 3.05) is 27.3 Å². The second-order valence-corrected chi connectivity index (χ2v) is 8.59. The molecule has 1 saturated heterocycles. The highest BCUT2D eigenvalue weighted by Crippen LogP contribution is 2.31. The Hall–Kier alpha value is -2.39. The van der Waals surface area contributed by atoms with Gasteiger partial charge >= 0.3 is 0 Å². The third kappa shape index (κ3) is 4.36. The molecule has 8 nitrogen and oxygen atoms in total. The van der Waals surface area contributed by atoms with Crippen LogP contribution in [0, 0.1) is 13.8 Å². The van der Waals surface area contributed by atoms with E-state index in [4.69, 9.17) is 14.2 Å². The van der Waals surface area contributed by atoms with Gasteiger partial charge in [-0.3, -0.25) is 0 Å². The summed E-state index contributed by atoms with van der Waals surface area (Å²) in [5.41, 5.74) is 0.813. The van der Waals surface area contributed by atoms with Crippen LogP contribution in [-0.2, 0) is 10.0 Å². The summed E-state index contributed by atoms with van der Waals surface area (Å²) in [7, 11) is -0.690. The van der Waals surface area contributed by atoms with Crippen molar-refractivity contribution in [2.45, 2.75) is 37.7 Å². The van der Waals surface area contributed by atoms with Crippen molar-refractivity contribution in [1.29, 1.82) is 0 Å². The maximum absolute atomic E-state index is 13.1. The molecule has 0 spiro atoms. The minimum Gasteiger partial charge on any atom is -0.493 e. The normalized spacial score (nSPS) is 17.9. The number of benzene rings is 1. The number of ether oxygens (including phenoxy) is 3. The fourth-order valence-corrected chi connectivity index (χ4v) is 4.79. The Bertz CT molecular complexity index is 928. The first-order valence-corrected chi connectivity index (χ1v) is 10.5. The molecule has 1 atom stereocenters. The van der Waals surface area contributed by atoms with E-state index < -0.39 is 10.0 Å². The minimum atomic E-state index is -3.68. The first kappa shape index (κ1) is 20.3. The summed E-state index contributed by atoms with van der Waals surface area (Å²) >= 11 is 0. The van der Waals surface area contributed by atoms with Crippen molar-refractivity contribution in [3.63, 3.8) is 0 Å². The molecule has 1 aromatic carbocycles. The van der Waals surface area contributed by atoms with E-state index in [0.29, 0.717) is 36.2 Å². The minimum absolute atomic E-state index is 0.166. The van der Waals surface area contributed by atoms with Gasteiger partial charge in [0.15, 0.2) is 11.5 Å². The van der Waals surface area contributed by atoms with E-state index in [1.54, 1.807) is 19.1 Å². The van der Waals surface area contributed by atoms with E-state index in [9.17, 15) is 8.42 Å². The van der Waals surface area contributed by atoms with Crippen LogP contribution in [0.4, 0.5) is 0 Å². The average Bonchev–Trinajstić information content (AvgIpc) is 2.66. The lowest BCUT2D eigenvalue weighted by atomic mass is 10.1. The van der Waals surface area contributed by atoms with Crippen molar-refractivity contribution in [3.05, 3.63) is 35.8 Å². The zero-order valence-electron chi connectivity index (χ0n) is 16.5. The van der Waals surface area contributed by atoms with Crippen LogP contribution < -0.4 is 14.2 Å². The summed E-state index contributed by atoms with van der Waals surface area (Å²) in [5, 5.41) is 0. The van der Waals surface area contributed by atoms with Crippen LogP contribution in [0.2, 0.25) is 0 Å². The Morgan fingerprint density at radius 2 is 1.82 bits per heavy atom. The monoisotopic (exact) mass is 407 g/mol. The number of aromatic nitrogens is 2. The second kappa shape index (κ2) is 8.32. The molecule has 9 heteroatoms. The molecule has 152 valence electrons. The third-order valence-electron chi connectivity index (χ3n) is 4.56. The Kier molecular flexibility index (Phi) is 6.04. The maximum atomic E-state index is 13.1. The fourth-order valence-electron chi connectivity index (χ4n) is 3.26. The van der Waals surface area contributed by atoms with E-state index in [1.807, 2.05) is 6.92 Å². The van der Waals surface area contributed by atoms with Gasteiger partial charge in [0.2, 0.25) is 15.9 Å². The summed E-state index contributed by atoms with van der Waals surface area (Å²) in [6, 6.07) is 6.36. The van der Waals surface area contributed by atoms with Crippen molar-refractivity contribution in [3.8, 4) is 17.4 Å². The second-order valence-electron chi connectivity index (χ2n) is 6.66. The van der Waals surface area contributed by atoms with E-state index >= 15 is 0 Å². The molecule has 1 aliphatic heterocycles. The van der Waals surface area contributed by atoms with Crippen molar-refractivity contribution < 1.29 is 22.6 Å². The summed E-state index contributed by atoms with van der Waals surface area (Å²) < 4.78 is 44.0. The Morgan fingerprint density at radius 1 is 1.07 bits per heavy atom. The number of hydrogen-bond acceptors (Lipinski definition) is 7. The molecule has 0 N–H and O–H groups in total. The van der Waals surface area contributed by atoms with Crippen molar-refractivity contribution >= 4 is 10.0 Å². The Balaban J connectivity index is 1.79. The number of piperidine rings is 1. The van der Waals surface area contributed by atoms with Crippen LogP contribution in [0.1, 0.15) is 24.4 Å². The largest absolute Gasteiger partial charge is 0.493 e. The molecule has 3 rings (SSSR count). The van der Waals surface area contributed by atoms with Gasteiger partial charge in [0.25, 0.3) is 0 Å². The molecule has 0 bridgehead atoms. The molecule has 0 radical (unpaired) electrons. The van der Waals surface area contributed by atoms with Crippen LogP contribution >= 0.6 is 0 Å². The van der Waals surface area contributed by atoms with Crippen molar-refractivity contribution in [1.82, 2.24) is 14.3 Å². The molecule has 1 fully saturated rings. The zero-order valence-corrected chi connectivity index (χ0v) is 17.3. The van der Waals surface area contributed by atoms with Crippen molar-refractivity contribution in [2.24, 2.45) is 0 Å². The number of hydrogen-bond donors (Lipinski definition) is 0. The topological polar surface area (TPSA) is 90.9 Å². The molecule has 0 amide bonds. The van der Waals surface area contributed by atoms with Gasteiger partial charge in [-0.25, -0.2) is 13.4 Å². The highest BCUT2D eigenvalue weighted by molar-refractivity contribution is 7.89. The molecule has 0 aliphatic carbocycles. The lowest BCUT2D eigenvalue weighted by Gasteiger charge is -2.32. The average molecular weight is 407 g/mol. The SMILES string of the molecule is COc1ccc(S(=O)(=O)N2CCCC(Oc3cc(C)nc(C)n3)C2)cc1OC. The smallest absolute Gasteiger partial charge is 0.243 e. The standard InChI is InChI=1S/C19H25N3O5S/c1-13-10-19(21-14(2)20-13)27-15-6-5-9-22(12-15)28(23,24)16-7-8-17(25-3)18(11-16)26-4/h7-8,10-11,15H,5-6,9,12H2,1-4H3. The molecule has 2 heterocycles. The third-order valence-corrected chi connectivity index (χ3v) is 6.42. The van der Waals surface area contributed by atoms with Gasteiger partial charge in [-0.2, -0.15) is 9.29 Å². The van der Waals surface area contributed by atoms with Gasteiger partial charge in [-0.05, 0) is 38.8 Å². The van der Waals surface area contributed by atoms with Gasteiger partial charge in [0.05, 0.1) is 25.7 Å². The van der Waals surface area contributed by atoms with Crippen LogP contribution in [0.25, 0.3) is 0 Å². The molecule has 28 heavy (non-hydrogen) atoms. The molecule has 1 unspecified atom stereocenters. The van der Waals surface area contributed by atoms with Gasteiger partial charge in [-0.15, -0.1) is 0 Å². The fraction of sp³-hybridized carbons (Fsp3) is 0.474. The van der Waals surface area contributed by atoms with E-state index in [-0.39, 0.29) is 17.5 Å². The van der Waals surface area contributed by atoms with Gasteiger partial charge in [0.1, 0.15) is 11.9 Å². The highest BCUT2D eigenvalue weighted by atomic mass is 32.2. The van der Waals surface area contributed by atoms with Gasteiger partial charge in [-0.1, -0.05) is 0 Å². The predicted molar refractivity (Wildman–Crippen MR) is 103 cm³/mol. The summed E-state index contributed by atoms with van der Waals surface area (Å²) in [6.07, 6.45) is 1.21. The van der Waals surface area contributed by atoms with Crippen LogP contribution in [0.3, 0.4) is 0 Å². The lowest BCUT2D eigenvalue weighted by molar-refractivity contribution is 0.124. The van der Waals surface area contributed by atoms with Gasteiger partial charge < -0.3 is 14.2 Å². The van der Waals surface area contributed by atoms with Crippen LogP contribution in [0.5, 0.6) is 17.4 Å². The molecule has 1 aromatic heterocycles. The number of rotatable bonds is 6. The van der Waals surface area contributed by atoms with E-state index in [2.05, 4.69) is 9.97 Å². The Labute approximate surface area is 165 Å². The molecular weight excluding hydrogens is 382 g/mol. The molecule has 2 aromatic rings. The van der Waals surface area contributed by atoms with E-state index in [0.717, 1.165) is 12.1 Å². The summed E-state index contributed by atoms with van der Waals surface area (Å²) in [6.45, 7) is 4.38. The first-order chi connectivity index (χ1) is 13.3.